The zero-order valence-electron chi connectivity index (χ0n) is 38.1. The summed E-state index contributed by atoms with van der Waals surface area (Å²) in [5, 5.41) is 51.6. The molecule has 0 unspecified atom stereocenters. The van der Waals surface area contributed by atoms with Crippen molar-refractivity contribution in [2.75, 3.05) is 27.2 Å². The van der Waals surface area contributed by atoms with Crippen LogP contribution < -0.4 is 21.3 Å². The number of unbranched alkanes of at least 4 members (excludes halogenated alkanes) is 12. The number of carbonyl (C=O) groups excluding carboxylic acids is 6. The van der Waals surface area contributed by atoms with Gasteiger partial charge in [0.15, 0.2) is 0 Å². The number of benzene rings is 2. The van der Waals surface area contributed by atoms with E-state index in [1.54, 1.807) is 6.92 Å². The number of aliphatic carboxylic acids is 1. The first-order valence-corrected chi connectivity index (χ1v) is 22.7. The van der Waals surface area contributed by atoms with Crippen molar-refractivity contribution in [3.8, 4) is 22.6 Å². The summed E-state index contributed by atoms with van der Waals surface area (Å²) in [7, 11) is 2.71. The Morgan fingerprint density at radius 3 is 1.88 bits per heavy atom. The average Bonchev–Trinajstić information content (AvgIpc) is 3.26. The summed E-state index contributed by atoms with van der Waals surface area (Å²) < 4.78 is 0. The number of nitrogens with zero attached hydrogens (tertiary/aromatic N) is 2. The Balaban J connectivity index is 1.62. The van der Waals surface area contributed by atoms with Crippen molar-refractivity contribution in [1.82, 2.24) is 31.1 Å². The molecule has 0 spiro atoms. The highest BCUT2D eigenvalue weighted by molar-refractivity contribution is 5.96. The Bertz CT molecular complexity index is 1910. The van der Waals surface area contributed by atoms with E-state index in [9.17, 15) is 54.0 Å². The zero-order valence-corrected chi connectivity index (χ0v) is 38.1. The molecule has 64 heavy (non-hydrogen) atoms. The maximum atomic E-state index is 14.0. The minimum atomic E-state index is -1.47. The normalized spacial score (nSPS) is 17.2. The number of carbonyl (C=O) groups is 7. The van der Waals surface area contributed by atoms with E-state index in [1.165, 1.54) is 120 Å². The van der Waals surface area contributed by atoms with Gasteiger partial charge in [0.1, 0.15) is 41.7 Å². The molecular formula is C47H70N6O11. The topological polar surface area (TPSA) is 255 Å². The smallest absolute Gasteiger partial charge is 0.326 e. The summed E-state index contributed by atoms with van der Waals surface area (Å²) in [6.07, 6.45) is 15.2. The van der Waals surface area contributed by atoms with Crippen molar-refractivity contribution in [2.45, 2.75) is 154 Å². The fourth-order valence-corrected chi connectivity index (χ4v) is 7.71. The Morgan fingerprint density at radius 1 is 0.750 bits per heavy atom. The number of hydrogen-bond acceptors (Lipinski definition) is 10. The summed E-state index contributed by atoms with van der Waals surface area (Å²) >= 11 is 0. The number of hydrogen-bond donors (Lipinski definition) is 8. The number of aromatic hydroxyl groups is 2. The maximum absolute atomic E-state index is 14.0. The van der Waals surface area contributed by atoms with Crippen LogP contribution in [-0.4, -0.2) is 123 Å². The van der Waals surface area contributed by atoms with E-state index in [0.717, 1.165) is 24.2 Å². The first-order valence-electron chi connectivity index (χ1n) is 22.7. The molecule has 0 radical (unpaired) electrons. The van der Waals surface area contributed by atoms with Crippen LogP contribution in [0.1, 0.15) is 134 Å². The third kappa shape index (κ3) is 15.8. The number of carboxylic acids is 1. The first-order chi connectivity index (χ1) is 30.5. The van der Waals surface area contributed by atoms with Gasteiger partial charge >= 0.3 is 5.97 Å². The zero-order chi connectivity index (χ0) is 47.3. The van der Waals surface area contributed by atoms with Gasteiger partial charge in [0.05, 0.1) is 13.2 Å². The van der Waals surface area contributed by atoms with Crippen molar-refractivity contribution >= 4 is 41.4 Å². The number of phenolic OH excluding ortho intramolecular Hbond substituents is 2. The molecule has 5 atom stereocenters. The van der Waals surface area contributed by atoms with Crippen LogP contribution in [0.15, 0.2) is 36.4 Å². The van der Waals surface area contributed by atoms with Crippen molar-refractivity contribution in [1.29, 1.82) is 0 Å². The molecule has 0 aliphatic carbocycles. The molecule has 3 rings (SSSR count). The number of aliphatic hydroxyl groups excluding tert-OH is 1. The monoisotopic (exact) mass is 895 g/mol. The van der Waals surface area contributed by atoms with Gasteiger partial charge in [-0.1, -0.05) is 103 Å². The van der Waals surface area contributed by atoms with Gasteiger partial charge in [-0.2, -0.15) is 0 Å². The molecule has 1 aliphatic rings. The van der Waals surface area contributed by atoms with E-state index in [1.807, 2.05) is 0 Å². The third-order valence-corrected chi connectivity index (χ3v) is 11.8. The predicted octanol–water partition coefficient (Wildman–Crippen LogP) is 4.21. The van der Waals surface area contributed by atoms with Crippen molar-refractivity contribution < 1.29 is 54.0 Å². The number of phenols is 2. The molecule has 2 aromatic rings. The summed E-state index contributed by atoms with van der Waals surface area (Å²) in [4.78, 5) is 94.6. The van der Waals surface area contributed by atoms with Crippen LogP contribution in [0.4, 0.5) is 0 Å². The van der Waals surface area contributed by atoms with Crippen LogP contribution in [0, 0.1) is 0 Å². The molecule has 17 heteroatoms. The lowest BCUT2D eigenvalue weighted by atomic mass is 9.93. The fourth-order valence-electron chi connectivity index (χ4n) is 7.71. The molecule has 8 N–H and O–H groups in total. The Morgan fingerprint density at radius 2 is 1.31 bits per heavy atom. The molecule has 1 heterocycles. The molecule has 4 bridgehead atoms. The summed E-state index contributed by atoms with van der Waals surface area (Å²) in [5.74, 6) is -6.16. The van der Waals surface area contributed by atoms with E-state index in [2.05, 4.69) is 28.2 Å². The molecule has 0 saturated carbocycles. The largest absolute Gasteiger partial charge is 0.507 e. The van der Waals surface area contributed by atoms with Crippen LogP contribution in [0.5, 0.6) is 11.5 Å². The van der Waals surface area contributed by atoms with Crippen LogP contribution >= 0.6 is 0 Å². The highest BCUT2D eigenvalue weighted by Gasteiger charge is 2.35. The van der Waals surface area contributed by atoms with Gasteiger partial charge in [0.25, 0.3) is 0 Å². The van der Waals surface area contributed by atoms with Crippen LogP contribution in [0.25, 0.3) is 11.1 Å². The quantitative estimate of drug-likeness (QED) is 0.0693. The second kappa shape index (κ2) is 26.8. The number of rotatable bonds is 24. The molecular weight excluding hydrogens is 825 g/mol. The van der Waals surface area contributed by atoms with E-state index in [0.29, 0.717) is 12.0 Å². The van der Waals surface area contributed by atoms with Crippen LogP contribution in [-0.2, 0) is 40.0 Å². The third-order valence-electron chi connectivity index (χ3n) is 11.8. The molecule has 1 aliphatic heterocycles. The SMILES string of the molecule is CCCCCCCCCCCCCCCC(=O)N(C)[C@H](CO)C(=O)N[C@H](C)C(=O)NCC(=O)N(C)[C@@H]1C(=O)N[C@@H](CC)C(=O)N[C@H](C(=O)O)Cc2ccc(O)c(c2)-c2cc1ccc2O. The lowest BCUT2D eigenvalue weighted by molar-refractivity contribution is -0.143. The predicted molar refractivity (Wildman–Crippen MR) is 241 cm³/mol. The van der Waals surface area contributed by atoms with Gasteiger partial charge in [-0.25, -0.2) is 4.79 Å². The molecule has 0 aromatic heterocycles. The van der Waals surface area contributed by atoms with E-state index < -0.39 is 78.9 Å². The van der Waals surface area contributed by atoms with Crippen molar-refractivity contribution in [3.63, 3.8) is 0 Å². The van der Waals surface area contributed by atoms with Crippen LogP contribution in [0.3, 0.4) is 0 Å². The second-order valence-electron chi connectivity index (χ2n) is 16.8. The summed E-state index contributed by atoms with van der Waals surface area (Å²) in [6.45, 7) is 3.86. The fraction of sp³-hybridized carbons (Fsp3) is 0.596. The molecule has 0 saturated heterocycles. The van der Waals surface area contributed by atoms with Gasteiger partial charge in [-0.15, -0.1) is 0 Å². The highest BCUT2D eigenvalue weighted by atomic mass is 16.4. The standard InChI is InChI=1S/C47H70N6O11/c1-6-8-9-10-11-12-13-14-15-16-17-18-19-20-40(57)52(4)37(29-54)45(61)49-30(3)43(59)48-28-41(58)53(5)42-32-22-24-39(56)34(27-32)33-25-31(21-23-38(33)55)26-36(47(63)64)51-44(60)35(7-2)50-46(42)62/h21-25,27,30,35-37,42,54-56H,6-20,26,28-29H2,1-5H3,(H,48,59)(H,49,61)(H,50,62)(H,51,60)(H,63,64)/t30-,35+,36+,37-,42+/m1/s1. The average molecular weight is 895 g/mol. The number of aliphatic hydroxyl groups is 1. The van der Waals surface area contributed by atoms with Gasteiger partial charge in [0, 0.05) is 38.1 Å². The Kier molecular flexibility index (Phi) is 22.0. The summed E-state index contributed by atoms with van der Waals surface area (Å²) in [5.41, 5.74) is 0.746. The number of amides is 6. The number of carboxylic acid groups (broad SMARTS) is 1. The first kappa shape index (κ1) is 52.6. The van der Waals surface area contributed by atoms with E-state index in [4.69, 9.17) is 0 Å². The highest BCUT2D eigenvalue weighted by Crippen LogP contribution is 2.38. The number of fused-ring (bicyclic) bond motifs is 5. The molecule has 2 aromatic carbocycles. The van der Waals surface area contributed by atoms with Crippen LogP contribution in [0.2, 0.25) is 0 Å². The second-order valence-corrected chi connectivity index (χ2v) is 16.8. The minimum absolute atomic E-state index is 0.0543. The van der Waals surface area contributed by atoms with Gasteiger partial charge in [0.2, 0.25) is 35.4 Å². The van der Waals surface area contributed by atoms with E-state index in [-0.39, 0.29) is 53.4 Å². The van der Waals surface area contributed by atoms with Gasteiger partial charge in [-0.05, 0) is 55.2 Å². The van der Waals surface area contributed by atoms with E-state index >= 15 is 0 Å². The number of likely N-dealkylation sites (N-methyl/N-ethyl adjacent to an activating group) is 2. The lowest BCUT2D eigenvalue weighted by Crippen LogP contribution is -2.55. The molecule has 17 nitrogen and oxygen atoms in total. The van der Waals surface area contributed by atoms with Gasteiger partial charge < -0.3 is 51.5 Å². The molecule has 6 amide bonds. The Hall–Kier alpha value is -5.71. The lowest BCUT2D eigenvalue weighted by Gasteiger charge is -2.30. The summed E-state index contributed by atoms with van der Waals surface area (Å²) in [6, 6.07) is 1.74. The number of nitrogens with one attached hydrogen (secondary N) is 4. The Labute approximate surface area is 376 Å². The van der Waals surface area contributed by atoms with Gasteiger partial charge in [-0.3, -0.25) is 28.8 Å². The maximum Gasteiger partial charge on any atom is 0.326 e. The van der Waals surface area contributed by atoms with Crippen molar-refractivity contribution in [3.05, 3.63) is 47.5 Å². The molecule has 354 valence electrons. The molecule has 0 fully saturated rings. The minimum Gasteiger partial charge on any atom is -0.507 e. The van der Waals surface area contributed by atoms with Crippen molar-refractivity contribution in [2.24, 2.45) is 0 Å².